The second-order valence-corrected chi connectivity index (χ2v) is 6.31. The maximum atomic E-state index is 6.00. The lowest BCUT2D eigenvalue weighted by Gasteiger charge is -2.03. The molecule has 0 bridgehead atoms. The van der Waals surface area contributed by atoms with Crippen molar-refractivity contribution >= 4 is 59.0 Å². The van der Waals surface area contributed by atoms with Crippen LogP contribution in [-0.4, -0.2) is 0 Å². The number of anilines is 2. The van der Waals surface area contributed by atoms with Crippen LogP contribution in [0.1, 0.15) is 5.56 Å². The van der Waals surface area contributed by atoms with E-state index in [1.54, 1.807) is 0 Å². The van der Waals surface area contributed by atoms with Gasteiger partial charge in [-0.2, -0.15) is 0 Å². The molecule has 5 heteroatoms. The van der Waals surface area contributed by atoms with Crippen molar-refractivity contribution in [2.45, 2.75) is 16.7 Å². The van der Waals surface area contributed by atoms with Crippen LogP contribution in [0.25, 0.3) is 10.8 Å². The first-order valence-corrected chi connectivity index (χ1v) is 7.87. The Kier molecular flexibility index (Phi) is 5.51. The molecule has 3 rings (SSSR count). The van der Waals surface area contributed by atoms with Crippen LogP contribution in [0, 0.1) is 6.92 Å². The number of hydrogen-bond donors (Lipinski definition) is 4. The summed E-state index contributed by atoms with van der Waals surface area (Å²) in [6, 6.07) is 15.3. The van der Waals surface area contributed by atoms with Crippen molar-refractivity contribution in [2.75, 3.05) is 11.5 Å². The molecule has 0 saturated carbocycles. The number of nitrogens with two attached hydrogens (primary N) is 2. The summed E-state index contributed by atoms with van der Waals surface area (Å²) in [4.78, 5) is 1.63. The molecule has 0 spiro atoms. The largest absolute Gasteiger partial charge is 0.398 e. The van der Waals surface area contributed by atoms with Crippen LogP contribution >= 0.6 is 36.9 Å². The Hall–Kier alpha value is -1.49. The van der Waals surface area contributed by atoms with Crippen molar-refractivity contribution in [1.82, 2.24) is 0 Å². The third-order valence-corrected chi connectivity index (χ3v) is 4.28. The van der Waals surface area contributed by atoms with Crippen LogP contribution in [0.4, 0.5) is 11.4 Å². The summed E-state index contributed by atoms with van der Waals surface area (Å²) in [5.41, 5.74) is 13.8. The van der Waals surface area contributed by atoms with Gasteiger partial charge >= 0.3 is 0 Å². The lowest BCUT2D eigenvalue weighted by Crippen LogP contribution is -1.87. The molecule has 0 amide bonds. The summed E-state index contributed by atoms with van der Waals surface area (Å²) >= 11 is 14.4. The van der Waals surface area contributed by atoms with E-state index in [1.807, 2.05) is 55.5 Å². The number of benzene rings is 3. The lowest BCUT2D eigenvalue weighted by atomic mass is 10.1. The van der Waals surface area contributed by atoms with E-state index >= 15 is 0 Å². The highest BCUT2D eigenvalue weighted by Crippen LogP contribution is 2.29. The Morgan fingerprint density at radius 2 is 1.55 bits per heavy atom. The predicted molar refractivity (Wildman–Crippen MR) is 103 cm³/mol. The van der Waals surface area contributed by atoms with Crippen molar-refractivity contribution in [1.29, 1.82) is 0 Å². The molecule has 3 aromatic rings. The fourth-order valence-electron chi connectivity index (χ4n) is 1.97. The molecule has 4 N–H and O–H groups in total. The number of aryl methyl sites for hydroxylation is 1. The van der Waals surface area contributed by atoms with Crippen molar-refractivity contribution in [3.63, 3.8) is 0 Å². The van der Waals surface area contributed by atoms with Gasteiger partial charge in [0, 0.05) is 31.6 Å². The summed E-state index contributed by atoms with van der Waals surface area (Å²) in [5.74, 6) is 0. The molecule has 0 saturated heterocycles. The number of fused-ring (bicyclic) bond motifs is 1. The van der Waals surface area contributed by atoms with Gasteiger partial charge in [-0.15, -0.1) is 25.3 Å². The minimum absolute atomic E-state index is 0.656. The Balaban J connectivity index is 0.000000172. The second-order valence-electron chi connectivity index (χ2n) is 4.93. The summed E-state index contributed by atoms with van der Waals surface area (Å²) in [6.07, 6.45) is 0. The quantitative estimate of drug-likeness (QED) is 0.332. The normalized spacial score (nSPS) is 10.2. The van der Waals surface area contributed by atoms with Gasteiger partial charge in [0.2, 0.25) is 0 Å². The molecule has 0 aromatic heterocycles. The third kappa shape index (κ3) is 4.03. The highest BCUT2D eigenvalue weighted by Gasteiger charge is 2.01. The van der Waals surface area contributed by atoms with Crippen LogP contribution in [-0.2, 0) is 0 Å². The highest BCUT2D eigenvalue weighted by atomic mass is 35.5. The molecule has 22 heavy (non-hydrogen) atoms. The van der Waals surface area contributed by atoms with Gasteiger partial charge in [-0.1, -0.05) is 29.8 Å². The van der Waals surface area contributed by atoms with Crippen molar-refractivity contribution < 1.29 is 0 Å². The van der Waals surface area contributed by atoms with Gasteiger partial charge in [0.25, 0.3) is 0 Å². The highest BCUT2D eigenvalue weighted by molar-refractivity contribution is 7.80. The fraction of sp³-hybridized carbons (Fsp3) is 0.0588. The van der Waals surface area contributed by atoms with Gasteiger partial charge in [-0.05, 0) is 48.2 Å². The summed E-state index contributed by atoms with van der Waals surface area (Å²) in [5, 5.41) is 2.75. The minimum atomic E-state index is 0.656. The summed E-state index contributed by atoms with van der Waals surface area (Å²) < 4.78 is 0. The smallest absolute Gasteiger partial charge is 0.0485 e. The van der Waals surface area contributed by atoms with E-state index in [-0.39, 0.29) is 0 Å². The predicted octanol–water partition coefficient (Wildman–Crippen LogP) is 5.23. The monoisotopic (exact) mass is 348 g/mol. The maximum Gasteiger partial charge on any atom is 0.0485 e. The molecule has 0 unspecified atom stereocenters. The maximum absolute atomic E-state index is 6.00. The van der Waals surface area contributed by atoms with Crippen LogP contribution in [0.2, 0.25) is 5.02 Å². The molecule has 0 aliphatic rings. The topological polar surface area (TPSA) is 52.0 Å². The minimum Gasteiger partial charge on any atom is -0.398 e. The number of halogens is 1. The Morgan fingerprint density at radius 3 is 2.18 bits per heavy atom. The fourth-order valence-corrected chi connectivity index (χ4v) is 2.54. The molecule has 0 radical (unpaired) electrons. The average molecular weight is 349 g/mol. The van der Waals surface area contributed by atoms with Gasteiger partial charge in [-0.25, -0.2) is 0 Å². The standard InChI is InChI=1S/C10H8ClNS.C7H9NS/c11-8-3-1-2-6-4-10(13)9(12)5-7(6)8;1-5-2-3-7(9)6(8)4-5/h1-5,13H,12H2;2-4,9H,8H2,1H3. The first-order valence-electron chi connectivity index (χ1n) is 6.60. The lowest BCUT2D eigenvalue weighted by molar-refractivity contribution is 1.39. The van der Waals surface area contributed by atoms with E-state index in [2.05, 4.69) is 25.3 Å². The Bertz CT molecular complexity index is 819. The van der Waals surface area contributed by atoms with E-state index < -0.39 is 0 Å². The number of thiol groups is 2. The molecule has 3 aromatic carbocycles. The first-order chi connectivity index (χ1) is 10.4. The molecule has 2 nitrogen and oxygen atoms in total. The molecule has 0 aliphatic carbocycles. The molecule has 0 aliphatic heterocycles. The van der Waals surface area contributed by atoms with Crippen LogP contribution in [0.3, 0.4) is 0 Å². The first kappa shape index (κ1) is 16.9. The zero-order chi connectivity index (χ0) is 16.3. The van der Waals surface area contributed by atoms with E-state index in [1.165, 1.54) is 5.56 Å². The van der Waals surface area contributed by atoms with E-state index in [0.717, 1.165) is 31.3 Å². The third-order valence-electron chi connectivity index (χ3n) is 3.16. The number of rotatable bonds is 0. The van der Waals surface area contributed by atoms with Crippen LogP contribution < -0.4 is 11.5 Å². The Morgan fingerprint density at radius 1 is 0.864 bits per heavy atom. The molecule has 0 fully saturated rings. The van der Waals surface area contributed by atoms with Gasteiger partial charge < -0.3 is 11.5 Å². The van der Waals surface area contributed by atoms with Crippen molar-refractivity contribution in [2.24, 2.45) is 0 Å². The van der Waals surface area contributed by atoms with Gasteiger partial charge in [-0.3, -0.25) is 0 Å². The van der Waals surface area contributed by atoms with E-state index in [4.69, 9.17) is 23.1 Å². The zero-order valence-corrected chi connectivity index (χ0v) is 14.6. The average Bonchev–Trinajstić information content (AvgIpc) is 2.46. The van der Waals surface area contributed by atoms with Gasteiger partial charge in [0.1, 0.15) is 0 Å². The van der Waals surface area contributed by atoms with Gasteiger partial charge in [0.05, 0.1) is 0 Å². The SMILES string of the molecule is Cc1ccc(S)c(N)c1.Nc1cc2c(Cl)cccc2cc1S. The molecular formula is C17H17ClN2S2. The van der Waals surface area contributed by atoms with Crippen molar-refractivity contribution in [3.05, 3.63) is 59.1 Å². The van der Waals surface area contributed by atoms with E-state index in [9.17, 15) is 0 Å². The van der Waals surface area contributed by atoms with E-state index in [0.29, 0.717) is 5.69 Å². The molecule has 0 atom stereocenters. The van der Waals surface area contributed by atoms with Gasteiger partial charge in [0.15, 0.2) is 0 Å². The molecule has 0 heterocycles. The van der Waals surface area contributed by atoms with Crippen molar-refractivity contribution in [3.8, 4) is 0 Å². The molecular weight excluding hydrogens is 332 g/mol. The number of hydrogen-bond acceptors (Lipinski definition) is 4. The Labute approximate surface area is 146 Å². The van der Waals surface area contributed by atoms with Crippen LogP contribution in [0.5, 0.6) is 0 Å². The zero-order valence-electron chi connectivity index (χ0n) is 12.0. The summed E-state index contributed by atoms with van der Waals surface area (Å²) in [7, 11) is 0. The second kappa shape index (κ2) is 7.18. The summed E-state index contributed by atoms with van der Waals surface area (Å²) in [6.45, 7) is 2.00. The molecule has 114 valence electrons. The number of nitrogen functional groups attached to an aromatic ring is 2. The van der Waals surface area contributed by atoms with Crippen LogP contribution in [0.15, 0.2) is 58.3 Å².